The molecule has 31 heavy (non-hydrogen) atoms. The van der Waals surface area contributed by atoms with Gasteiger partial charge in [0.15, 0.2) is 0 Å². The van der Waals surface area contributed by atoms with Crippen LogP contribution in [0.1, 0.15) is 29.2 Å². The Labute approximate surface area is 181 Å². The summed E-state index contributed by atoms with van der Waals surface area (Å²) in [5, 5.41) is 8.45. The number of nitrogens with one attached hydrogen (secondary N) is 1. The van der Waals surface area contributed by atoms with Crippen molar-refractivity contribution in [1.29, 1.82) is 0 Å². The first-order valence-electron chi connectivity index (χ1n) is 10.5. The van der Waals surface area contributed by atoms with Crippen molar-refractivity contribution in [2.45, 2.75) is 25.4 Å². The maximum Gasteiger partial charge on any atom is 0.148 e. The Morgan fingerprint density at radius 2 is 1.81 bits per heavy atom. The van der Waals surface area contributed by atoms with E-state index < -0.39 is 0 Å². The van der Waals surface area contributed by atoms with Gasteiger partial charge >= 0.3 is 0 Å². The lowest BCUT2D eigenvalue weighted by atomic mass is 10.1. The van der Waals surface area contributed by atoms with E-state index in [4.69, 9.17) is 9.84 Å². The number of para-hydroxylation sites is 1. The maximum absolute atomic E-state index is 14.4. The highest BCUT2D eigenvalue weighted by Crippen LogP contribution is 2.32. The molecule has 4 aromatic rings. The van der Waals surface area contributed by atoms with E-state index in [-0.39, 0.29) is 5.82 Å². The number of hydrogen-bond donors (Lipinski definition) is 1. The number of rotatable bonds is 6. The summed E-state index contributed by atoms with van der Waals surface area (Å²) < 4.78 is 21.3. The number of hydrogen-bond acceptors (Lipinski definition) is 3. The predicted molar refractivity (Wildman–Crippen MR) is 120 cm³/mol. The van der Waals surface area contributed by atoms with E-state index in [1.54, 1.807) is 23.9 Å². The van der Waals surface area contributed by atoms with Crippen LogP contribution >= 0.6 is 0 Å². The van der Waals surface area contributed by atoms with Crippen LogP contribution in [0.3, 0.4) is 0 Å². The fourth-order valence-electron chi connectivity index (χ4n) is 4.29. The van der Waals surface area contributed by atoms with E-state index >= 15 is 0 Å². The zero-order valence-corrected chi connectivity index (χ0v) is 17.4. The third-order valence-corrected chi connectivity index (χ3v) is 5.92. The van der Waals surface area contributed by atoms with Gasteiger partial charge in [0.2, 0.25) is 0 Å². The van der Waals surface area contributed by atoms with Crippen LogP contribution in [0.4, 0.5) is 4.39 Å². The highest BCUT2D eigenvalue weighted by atomic mass is 19.1. The summed E-state index contributed by atoms with van der Waals surface area (Å²) in [6.45, 7) is 0.648. The van der Waals surface area contributed by atoms with Gasteiger partial charge in [-0.05, 0) is 60.4 Å². The van der Waals surface area contributed by atoms with Crippen molar-refractivity contribution in [2.24, 2.45) is 0 Å². The summed E-state index contributed by atoms with van der Waals surface area (Å²) in [7, 11) is 1.65. The normalized spacial score (nSPS) is 15.1. The number of aromatic nitrogens is 2. The quantitative estimate of drug-likeness (QED) is 0.456. The van der Waals surface area contributed by atoms with E-state index in [0.29, 0.717) is 18.3 Å². The smallest absolute Gasteiger partial charge is 0.148 e. The zero-order valence-electron chi connectivity index (χ0n) is 17.4. The number of aryl methyl sites for hydroxylation is 1. The van der Waals surface area contributed by atoms with Gasteiger partial charge < -0.3 is 10.1 Å². The lowest BCUT2D eigenvalue weighted by Gasteiger charge is -2.14. The van der Waals surface area contributed by atoms with E-state index in [0.717, 1.165) is 35.4 Å². The Morgan fingerprint density at radius 1 is 1.03 bits per heavy atom. The van der Waals surface area contributed by atoms with Gasteiger partial charge in [-0.25, -0.2) is 9.07 Å². The minimum atomic E-state index is -0.296. The van der Waals surface area contributed by atoms with E-state index in [1.165, 1.54) is 17.2 Å². The van der Waals surface area contributed by atoms with Crippen molar-refractivity contribution in [2.75, 3.05) is 7.11 Å². The monoisotopic (exact) mass is 413 g/mol. The molecule has 1 unspecified atom stereocenters. The third-order valence-electron chi connectivity index (χ3n) is 5.92. The summed E-state index contributed by atoms with van der Waals surface area (Å²) in [5.41, 5.74) is 6.06. The van der Waals surface area contributed by atoms with Crippen molar-refractivity contribution in [3.8, 4) is 22.7 Å². The summed E-state index contributed by atoms with van der Waals surface area (Å²) in [4.78, 5) is 0. The van der Waals surface area contributed by atoms with E-state index in [9.17, 15) is 4.39 Å². The second-order valence-corrected chi connectivity index (χ2v) is 7.80. The standard InChI is InChI=1S/C26H24FN3O/c1-31-21-13-10-19(11-14-21)26-20(17-30(29-26)25-9-5-4-8-23(25)27)16-28-24-15-12-18-6-2-3-7-22(18)24/h2-11,13-14,17,24,28H,12,15-16H2,1H3. The summed E-state index contributed by atoms with van der Waals surface area (Å²) in [6.07, 6.45) is 4.10. The minimum Gasteiger partial charge on any atom is -0.497 e. The van der Waals surface area contributed by atoms with Gasteiger partial charge in [-0.15, -0.1) is 0 Å². The van der Waals surface area contributed by atoms with Crippen LogP contribution in [0.5, 0.6) is 5.75 Å². The first-order valence-corrected chi connectivity index (χ1v) is 10.5. The van der Waals surface area contributed by atoms with Crippen LogP contribution in [-0.4, -0.2) is 16.9 Å². The zero-order chi connectivity index (χ0) is 21.2. The number of benzene rings is 3. The summed E-state index contributed by atoms with van der Waals surface area (Å²) in [6, 6.07) is 23.4. The molecule has 1 N–H and O–H groups in total. The Kier molecular flexibility index (Phi) is 5.26. The average Bonchev–Trinajstić information content (AvgIpc) is 3.42. The Balaban J connectivity index is 1.48. The molecule has 4 nitrogen and oxygen atoms in total. The van der Waals surface area contributed by atoms with Gasteiger partial charge in [0.1, 0.15) is 17.3 Å². The van der Waals surface area contributed by atoms with Gasteiger partial charge in [0, 0.05) is 29.9 Å². The number of ether oxygens (including phenoxy) is 1. The maximum atomic E-state index is 14.4. The molecule has 0 saturated heterocycles. The second kappa shape index (κ2) is 8.36. The Morgan fingerprint density at radius 3 is 2.61 bits per heavy atom. The first-order chi connectivity index (χ1) is 15.2. The van der Waals surface area contributed by atoms with Gasteiger partial charge in [-0.2, -0.15) is 5.10 Å². The molecule has 5 heteroatoms. The molecule has 0 bridgehead atoms. The van der Waals surface area contributed by atoms with Crippen molar-refractivity contribution in [3.05, 3.63) is 102 Å². The lowest BCUT2D eigenvalue weighted by Crippen LogP contribution is -2.18. The summed E-state index contributed by atoms with van der Waals surface area (Å²) >= 11 is 0. The third kappa shape index (κ3) is 3.84. The van der Waals surface area contributed by atoms with Crippen molar-refractivity contribution in [1.82, 2.24) is 15.1 Å². The molecule has 0 radical (unpaired) electrons. The number of methoxy groups -OCH3 is 1. The molecule has 0 amide bonds. The fourth-order valence-corrected chi connectivity index (χ4v) is 4.29. The van der Waals surface area contributed by atoms with E-state index in [2.05, 4.69) is 29.6 Å². The van der Waals surface area contributed by atoms with Crippen LogP contribution < -0.4 is 10.1 Å². The van der Waals surface area contributed by atoms with Gasteiger partial charge in [0.05, 0.1) is 12.8 Å². The number of halogens is 1. The SMILES string of the molecule is COc1ccc(-c2nn(-c3ccccc3F)cc2CNC2CCc3ccccc32)cc1. The molecule has 1 aliphatic rings. The van der Waals surface area contributed by atoms with Crippen LogP contribution in [0.25, 0.3) is 16.9 Å². The van der Waals surface area contributed by atoms with E-state index in [1.807, 2.05) is 36.5 Å². The fraction of sp³-hybridized carbons (Fsp3) is 0.192. The van der Waals surface area contributed by atoms with Gasteiger partial charge in [0.25, 0.3) is 0 Å². The topological polar surface area (TPSA) is 39.1 Å². The molecule has 0 saturated carbocycles. The predicted octanol–water partition coefficient (Wildman–Crippen LogP) is 5.46. The summed E-state index contributed by atoms with van der Waals surface area (Å²) in [5.74, 6) is 0.495. The second-order valence-electron chi connectivity index (χ2n) is 7.80. The van der Waals surface area contributed by atoms with Crippen LogP contribution in [0, 0.1) is 5.82 Å². The van der Waals surface area contributed by atoms with Crippen molar-refractivity contribution in [3.63, 3.8) is 0 Å². The van der Waals surface area contributed by atoms with Crippen LogP contribution in [0.2, 0.25) is 0 Å². The van der Waals surface area contributed by atoms with Gasteiger partial charge in [-0.3, -0.25) is 0 Å². The van der Waals surface area contributed by atoms with Crippen LogP contribution in [-0.2, 0) is 13.0 Å². The Bertz CT molecular complexity index is 1200. The average molecular weight is 413 g/mol. The highest BCUT2D eigenvalue weighted by molar-refractivity contribution is 5.64. The van der Waals surface area contributed by atoms with Crippen LogP contribution in [0.15, 0.2) is 79.0 Å². The molecule has 0 spiro atoms. The number of nitrogens with zero attached hydrogens (tertiary/aromatic N) is 2. The lowest BCUT2D eigenvalue weighted by molar-refractivity contribution is 0.415. The molecule has 1 aliphatic carbocycles. The molecular formula is C26H24FN3O. The molecule has 156 valence electrons. The van der Waals surface area contributed by atoms with Gasteiger partial charge in [-0.1, -0.05) is 36.4 Å². The molecule has 3 aromatic carbocycles. The highest BCUT2D eigenvalue weighted by Gasteiger charge is 2.22. The molecule has 5 rings (SSSR count). The molecule has 1 heterocycles. The van der Waals surface area contributed by atoms with Crippen molar-refractivity contribution >= 4 is 0 Å². The largest absolute Gasteiger partial charge is 0.497 e. The Hall–Kier alpha value is -3.44. The first kappa shape index (κ1) is 19.5. The number of fused-ring (bicyclic) bond motifs is 1. The molecule has 0 fully saturated rings. The molecule has 1 atom stereocenters. The van der Waals surface area contributed by atoms with Crippen molar-refractivity contribution < 1.29 is 9.13 Å². The molecular weight excluding hydrogens is 389 g/mol. The molecule has 1 aromatic heterocycles. The molecule has 0 aliphatic heterocycles. The minimum absolute atomic E-state index is 0.296.